The smallest absolute Gasteiger partial charge is 0.398 e. The fourth-order valence-corrected chi connectivity index (χ4v) is 3.27. The molecule has 19 heavy (non-hydrogen) atoms. The summed E-state index contributed by atoms with van der Waals surface area (Å²) in [5.74, 6) is 0.518. The van der Waals surface area contributed by atoms with Crippen molar-refractivity contribution in [3.05, 3.63) is 28.3 Å². The van der Waals surface area contributed by atoms with E-state index in [2.05, 4.69) is 0 Å². The maximum Gasteiger partial charge on any atom is 0.398 e. The molecule has 1 aliphatic carbocycles. The summed E-state index contributed by atoms with van der Waals surface area (Å²) in [6.07, 6.45) is -2.88. The first-order valence-corrected chi connectivity index (χ1v) is 6.61. The molecular weight excluding hydrogens is 277 g/mol. The first kappa shape index (κ1) is 14.5. The van der Waals surface area contributed by atoms with E-state index in [1.54, 1.807) is 6.92 Å². The lowest BCUT2D eigenvalue weighted by Gasteiger charge is -2.33. The molecule has 0 radical (unpaired) electrons. The van der Waals surface area contributed by atoms with Gasteiger partial charge in [-0.15, -0.1) is 0 Å². The molecule has 1 aliphatic rings. The topological polar surface area (TPSA) is 9.23 Å². The number of methoxy groups -OCH3 is 1. The van der Waals surface area contributed by atoms with Gasteiger partial charge in [-0.1, -0.05) is 30.5 Å². The minimum Gasteiger partial charge on any atom is -0.496 e. The lowest BCUT2D eigenvalue weighted by atomic mass is 9.77. The lowest BCUT2D eigenvalue weighted by molar-refractivity contribution is -0.189. The zero-order chi connectivity index (χ0) is 14.3. The van der Waals surface area contributed by atoms with E-state index in [1.165, 1.54) is 19.2 Å². The zero-order valence-corrected chi connectivity index (χ0v) is 11.7. The van der Waals surface area contributed by atoms with Crippen LogP contribution >= 0.6 is 11.6 Å². The molecular formula is C14H16ClF3O. The Morgan fingerprint density at radius 3 is 2.26 bits per heavy atom. The number of rotatable bonds is 2. The van der Waals surface area contributed by atoms with Gasteiger partial charge in [0.1, 0.15) is 5.75 Å². The highest BCUT2D eigenvalue weighted by molar-refractivity contribution is 6.31. The predicted octanol–water partition coefficient (Wildman–Crippen LogP) is 5.03. The van der Waals surface area contributed by atoms with Crippen molar-refractivity contribution >= 4 is 11.6 Å². The molecule has 0 N–H and O–H groups in total. The maximum atomic E-state index is 13.5. The number of hydrogen-bond donors (Lipinski definition) is 0. The molecule has 0 atom stereocenters. The van der Waals surface area contributed by atoms with Crippen LogP contribution < -0.4 is 4.74 Å². The Hall–Kier alpha value is -0.900. The third kappa shape index (κ3) is 2.31. The lowest BCUT2D eigenvalue weighted by Crippen LogP contribution is -2.40. The number of aryl methyl sites for hydroxylation is 1. The normalized spacial score (nSPS) is 18.6. The van der Waals surface area contributed by atoms with Crippen LogP contribution in [0.2, 0.25) is 5.02 Å². The molecule has 106 valence electrons. The highest BCUT2D eigenvalue weighted by Crippen LogP contribution is 2.54. The van der Waals surface area contributed by atoms with Gasteiger partial charge in [-0.2, -0.15) is 13.2 Å². The fourth-order valence-electron chi connectivity index (χ4n) is 2.93. The summed E-state index contributed by atoms with van der Waals surface area (Å²) in [6, 6.07) is 3.01. The highest BCUT2D eigenvalue weighted by atomic mass is 35.5. The third-order valence-electron chi connectivity index (χ3n) is 4.00. The maximum absolute atomic E-state index is 13.5. The molecule has 1 saturated carbocycles. The Morgan fingerprint density at radius 1 is 1.21 bits per heavy atom. The molecule has 2 rings (SSSR count). The monoisotopic (exact) mass is 292 g/mol. The first-order valence-electron chi connectivity index (χ1n) is 6.23. The van der Waals surface area contributed by atoms with Gasteiger partial charge in [0.05, 0.1) is 12.5 Å². The molecule has 0 saturated heterocycles. The molecule has 0 bridgehead atoms. The average molecular weight is 293 g/mol. The molecule has 0 aliphatic heterocycles. The predicted molar refractivity (Wildman–Crippen MR) is 68.9 cm³/mol. The molecule has 0 unspecified atom stereocenters. The molecule has 0 heterocycles. The Labute approximate surface area is 115 Å². The van der Waals surface area contributed by atoms with Crippen LogP contribution in [0, 0.1) is 6.92 Å². The van der Waals surface area contributed by atoms with Gasteiger partial charge in [0.25, 0.3) is 0 Å². The number of alkyl halides is 3. The first-order chi connectivity index (χ1) is 8.82. The van der Waals surface area contributed by atoms with Crippen molar-refractivity contribution in [1.29, 1.82) is 0 Å². The summed E-state index contributed by atoms with van der Waals surface area (Å²) in [4.78, 5) is 0. The minimum atomic E-state index is -4.27. The summed E-state index contributed by atoms with van der Waals surface area (Å²) < 4.78 is 45.6. The van der Waals surface area contributed by atoms with E-state index >= 15 is 0 Å². The van der Waals surface area contributed by atoms with E-state index in [0.29, 0.717) is 24.2 Å². The van der Waals surface area contributed by atoms with Crippen molar-refractivity contribution < 1.29 is 17.9 Å². The van der Waals surface area contributed by atoms with Gasteiger partial charge >= 0.3 is 6.18 Å². The largest absolute Gasteiger partial charge is 0.496 e. The Morgan fingerprint density at radius 2 is 1.79 bits per heavy atom. The van der Waals surface area contributed by atoms with Gasteiger partial charge < -0.3 is 4.74 Å². The van der Waals surface area contributed by atoms with Gasteiger partial charge in [0.2, 0.25) is 0 Å². The minimum absolute atomic E-state index is 0.113. The van der Waals surface area contributed by atoms with Crippen molar-refractivity contribution in [1.82, 2.24) is 0 Å². The van der Waals surface area contributed by atoms with Crippen LogP contribution in [0.4, 0.5) is 13.2 Å². The van der Waals surface area contributed by atoms with Gasteiger partial charge in [-0.3, -0.25) is 0 Å². The number of benzene rings is 1. The van der Waals surface area contributed by atoms with Crippen LogP contribution in [0.5, 0.6) is 5.75 Å². The van der Waals surface area contributed by atoms with Gasteiger partial charge in [0, 0.05) is 5.02 Å². The molecule has 1 aromatic rings. The second-order valence-electron chi connectivity index (χ2n) is 5.09. The third-order valence-corrected chi connectivity index (χ3v) is 4.31. The SMILES string of the molecule is COc1cc(Cl)c(C2(C(F)(F)F)CCCC2)cc1C. The van der Waals surface area contributed by atoms with Gasteiger partial charge in [0.15, 0.2) is 0 Å². The van der Waals surface area contributed by atoms with E-state index < -0.39 is 11.6 Å². The van der Waals surface area contributed by atoms with Crippen LogP contribution in [-0.2, 0) is 5.41 Å². The van der Waals surface area contributed by atoms with E-state index in [1.807, 2.05) is 0 Å². The van der Waals surface area contributed by atoms with Crippen LogP contribution in [-0.4, -0.2) is 13.3 Å². The molecule has 5 heteroatoms. The van der Waals surface area contributed by atoms with E-state index in [4.69, 9.17) is 16.3 Å². The van der Waals surface area contributed by atoms with Gasteiger partial charge in [-0.25, -0.2) is 0 Å². The molecule has 1 fully saturated rings. The Kier molecular flexibility index (Phi) is 3.74. The van der Waals surface area contributed by atoms with E-state index in [9.17, 15) is 13.2 Å². The Balaban J connectivity index is 2.58. The standard InChI is InChI=1S/C14H16ClF3O/c1-9-7-10(11(15)8-12(9)19-2)13(14(16,17)18)5-3-4-6-13/h7-8H,3-6H2,1-2H3. The Bertz CT molecular complexity index is 476. The molecule has 0 spiro atoms. The van der Waals surface area contributed by atoms with Crippen molar-refractivity contribution in [3.63, 3.8) is 0 Å². The average Bonchev–Trinajstić information content (AvgIpc) is 2.81. The van der Waals surface area contributed by atoms with E-state index in [-0.39, 0.29) is 23.4 Å². The second-order valence-corrected chi connectivity index (χ2v) is 5.50. The summed E-state index contributed by atoms with van der Waals surface area (Å²) in [5.41, 5.74) is -0.920. The van der Waals surface area contributed by atoms with Crippen LogP contribution in [0.1, 0.15) is 36.8 Å². The number of halogens is 4. The van der Waals surface area contributed by atoms with E-state index in [0.717, 1.165) is 0 Å². The van der Waals surface area contributed by atoms with Gasteiger partial charge in [-0.05, 0) is 37.0 Å². The summed E-state index contributed by atoms with van der Waals surface area (Å²) in [7, 11) is 1.48. The summed E-state index contributed by atoms with van der Waals surface area (Å²) in [6.45, 7) is 1.73. The van der Waals surface area contributed by atoms with Crippen LogP contribution in [0.25, 0.3) is 0 Å². The zero-order valence-electron chi connectivity index (χ0n) is 10.9. The molecule has 1 nitrogen and oxygen atoms in total. The number of ether oxygens (including phenoxy) is 1. The molecule has 0 amide bonds. The van der Waals surface area contributed by atoms with Crippen LogP contribution in [0.15, 0.2) is 12.1 Å². The second kappa shape index (κ2) is 4.89. The number of hydrogen-bond acceptors (Lipinski definition) is 1. The summed E-state index contributed by atoms with van der Waals surface area (Å²) >= 11 is 6.08. The summed E-state index contributed by atoms with van der Waals surface area (Å²) in [5, 5.41) is 0.140. The van der Waals surface area contributed by atoms with Crippen molar-refractivity contribution in [3.8, 4) is 5.75 Å². The highest BCUT2D eigenvalue weighted by Gasteiger charge is 2.57. The molecule has 1 aromatic carbocycles. The quantitative estimate of drug-likeness (QED) is 0.743. The molecule has 0 aromatic heterocycles. The van der Waals surface area contributed by atoms with Crippen molar-refractivity contribution in [2.24, 2.45) is 0 Å². The van der Waals surface area contributed by atoms with Crippen molar-refractivity contribution in [2.75, 3.05) is 7.11 Å². The van der Waals surface area contributed by atoms with Crippen LogP contribution in [0.3, 0.4) is 0 Å². The van der Waals surface area contributed by atoms with Crippen molar-refractivity contribution in [2.45, 2.75) is 44.2 Å². The fraction of sp³-hybridized carbons (Fsp3) is 0.571.